The van der Waals surface area contributed by atoms with Crippen LogP contribution in [0.25, 0.3) is 5.76 Å². The third-order valence-electron chi connectivity index (χ3n) is 6.61. The monoisotopic (exact) mass is 531 g/mol. The molecular weight excluding hydrogens is 498 g/mol. The predicted molar refractivity (Wildman–Crippen MR) is 147 cm³/mol. The Morgan fingerprint density at radius 2 is 1.54 bits per heavy atom. The molecule has 1 saturated heterocycles. The van der Waals surface area contributed by atoms with Crippen LogP contribution in [0.15, 0.2) is 66.2 Å². The number of carbonyl (C=O) groups is 2. The lowest BCUT2D eigenvalue weighted by molar-refractivity contribution is -0.140. The summed E-state index contributed by atoms with van der Waals surface area (Å²) in [6.07, 6.45) is -0.0199. The van der Waals surface area contributed by atoms with E-state index in [0.717, 1.165) is 11.1 Å². The van der Waals surface area contributed by atoms with Gasteiger partial charge in [0.1, 0.15) is 17.3 Å². The van der Waals surface area contributed by atoms with E-state index in [9.17, 15) is 14.7 Å². The Balaban J connectivity index is 1.88. The van der Waals surface area contributed by atoms with Gasteiger partial charge in [0.2, 0.25) is 0 Å². The summed E-state index contributed by atoms with van der Waals surface area (Å²) >= 11 is 0. The van der Waals surface area contributed by atoms with Gasteiger partial charge in [0.25, 0.3) is 11.7 Å². The van der Waals surface area contributed by atoms with Crippen LogP contribution in [0.4, 0.5) is 0 Å². The summed E-state index contributed by atoms with van der Waals surface area (Å²) in [5, 5.41) is 11.5. The Morgan fingerprint density at radius 1 is 0.872 bits per heavy atom. The Labute approximate surface area is 228 Å². The zero-order chi connectivity index (χ0) is 28.3. The molecule has 0 radical (unpaired) electrons. The van der Waals surface area contributed by atoms with Gasteiger partial charge >= 0.3 is 0 Å². The molecule has 0 spiro atoms. The van der Waals surface area contributed by atoms with Gasteiger partial charge in [0.05, 0.1) is 45.6 Å². The molecule has 1 heterocycles. The first-order valence-electron chi connectivity index (χ1n) is 12.6. The lowest BCUT2D eigenvalue weighted by Gasteiger charge is -2.26. The Kier molecular flexibility index (Phi) is 8.14. The molecule has 0 aliphatic carbocycles. The van der Waals surface area contributed by atoms with Crippen molar-refractivity contribution in [3.05, 3.63) is 88.5 Å². The standard InChI is InChI=1S/C31H33NO7/c1-18(2)39-23-13-12-21(15-19(23)3)29(33)27-28(20-11-14-25(37-5)26(16-20)38-6)32(31(35)30(27)34)17-22-9-7-8-10-24(22)36-4/h7-16,18,28,33H,17H2,1-6H3/b29-27-. The molecule has 3 aromatic carbocycles. The number of nitrogens with zero attached hydrogens (tertiary/aromatic N) is 1. The van der Waals surface area contributed by atoms with E-state index in [2.05, 4.69) is 0 Å². The quantitative estimate of drug-likeness (QED) is 0.224. The maximum absolute atomic E-state index is 13.5. The number of benzene rings is 3. The Hall–Kier alpha value is -4.46. The van der Waals surface area contributed by atoms with Crippen LogP contribution in [0.5, 0.6) is 23.0 Å². The summed E-state index contributed by atoms with van der Waals surface area (Å²) in [7, 11) is 4.59. The van der Waals surface area contributed by atoms with E-state index >= 15 is 0 Å². The summed E-state index contributed by atoms with van der Waals surface area (Å²) in [5.41, 5.74) is 2.49. The van der Waals surface area contributed by atoms with E-state index in [1.54, 1.807) is 49.6 Å². The van der Waals surface area contributed by atoms with Crippen LogP contribution in [-0.2, 0) is 16.1 Å². The molecule has 204 valence electrons. The number of rotatable bonds is 9. The zero-order valence-corrected chi connectivity index (χ0v) is 23.0. The topological polar surface area (TPSA) is 94.5 Å². The van der Waals surface area contributed by atoms with E-state index in [-0.39, 0.29) is 24.0 Å². The van der Waals surface area contributed by atoms with Crippen LogP contribution < -0.4 is 18.9 Å². The highest BCUT2D eigenvalue weighted by Crippen LogP contribution is 2.43. The smallest absolute Gasteiger partial charge is 0.295 e. The fraction of sp³-hybridized carbons (Fsp3) is 0.290. The van der Waals surface area contributed by atoms with E-state index in [4.69, 9.17) is 18.9 Å². The average Bonchev–Trinajstić information content (AvgIpc) is 3.18. The molecule has 3 aromatic rings. The molecule has 0 saturated carbocycles. The van der Waals surface area contributed by atoms with E-state index < -0.39 is 17.7 Å². The van der Waals surface area contributed by atoms with E-state index in [1.165, 1.54) is 19.1 Å². The average molecular weight is 532 g/mol. The van der Waals surface area contributed by atoms with Gasteiger partial charge in [0, 0.05) is 11.1 Å². The molecule has 8 nitrogen and oxygen atoms in total. The van der Waals surface area contributed by atoms with Gasteiger partial charge in [-0.05, 0) is 68.3 Å². The maximum atomic E-state index is 13.5. The lowest BCUT2D eigenvalue weighted by atomic mass is 9.94. The van der Waals surface area contributed by atoms with Gasteiger partial charge in [0.15, 0.2) is 11.5 Å². The summed E-state index contributed by atoms with van der Waals surface area (Å²) in [6, 6.07) is 16.8. The molecule has 0 aromatic heterocycles. The highest BCUT2D eigenvalue weighted by atomic mass is 16.5. The van der Waals surface area contributed by atoms with Gasteiger partial charge in [-0.2, -0.15) is 0 Å². The van der Waals surface area contributed by atoms with Crippen LogP contribution in [0, 0.1) is 6.92 Å². The van der Waals surface area contributed by atoms with Crippen LogP contribution in [0.1, 0.15) is 42.1 Å². The fourth-order valence-corrected chi connectivity index (χ4v) is 4.77. The number of carbonyl (C=O) groups excluding carboxylic acids is 2. The number of hydrogen-bond acceptors (Lipinski definition) is 7. The molecule has 1 atom stereocenters. The van der Waals surface area contributed by atoms with Gasteiger partial charge in [-0.25, -0.2) is 0 Å². The number of likely N-dealkylation sites (tertiary alicyclic amines) is 1. The van der Waals surface area contributed by atoms with Crippen molar-refractivity contribution in [3.63, 3.8) is 0 Å². The summed E-state index contributed by atoms with van der Waals surface area (Å²) in [6.45, 7) is 5.81. The molecule has 39 heavy (non-hydrogen) atoms. The van der Waals surface area contributed by atoms with E-state index in [1.807, 2.05) is 39.0 Å². The number of aliphatic hydroxyl groups excluding tert-OH is 1. The largest absolute Gasteiger partial charge is 0.507 e. The van der Waals surface area contributed by atoms with Crippen molar-refractivity contribution >= 4 is 17.4 Å². The van der Waals surface area contributed by atoms with Crippen molar-refractivity contribution in [2.75, 3.05) is 21.3 Å². The minimum atomic E-state index is -0.887. The molecular formula is C31H33NO7. The van der Waals surface area contributed by atoms with Crippen molar-refractivity contribution in [3.8, 4) is 23.0 Å². The van der Waals surface area contributed by atoms with E-state index in [0.29, 0.717) is 34.1 Å². The minimum absolute atomic E-state index is 0.0148. The molecule has 1 amide bonds. The predicted octanol–water partition coefficient (Wildman–Crippen LogP) is 5.43. The molecule has 4 rings (SSSR count). The molecule has 8 heteroatoms. The normalized spacial score (nSPS) is 16.5. The number of aliphatic hydroxyl groups is 1. The molecule has 1 aliphatic heterocycles. The zero-order valence-electron chi connectivity index (χ0n) is 23.0. The molecule has 0 bridgehead atoms. The van der Waals surface area contributed by atoms with Crippen molar-refractivity contribution in [2.24, 2.45) is 0 Å². The second-order valence-electron chi connectivity index (χ2n) is 9.50. The SMILES string of the molecule is COc1ccccc1CN1C(=O)C(=O)/C(=C(\O)c2ccc(OC(C)C)c(C)c2)C1c1ccc(OC)c(OC)c1. The number of aryl methyl sites for hydroxylation is 1. The van der Waals surface area contributed by atoms with Crippen LogP contribution in [-0.4, -0.2) is 49.1 Å². The summed E-state index contributed by atoms with van der Waals surface area (Å²) < 4.78 is 22.2. The maximum Gasteiger partial charge on any atom is 0.295 e. The third-order valence-corrected chi connectivity index (χ3v) is 6.61. The van der Waals surface area contributed by atoms with Crippen molar-refractivity contribution in [1.29, 1.82) is 0 Å². The first-order valence-corrected chi connectivity index (χ1v) is 12.6. The number of hydrogen-bond donors (Lipinski definition) is 1. The Morgan fingerprint density at radius 3 is 2.18 bits per heavy atom. The van der Waals surface area contributed by atoms with Crippen molar-refractivity contribution < 1.29 is 33.6 Å². The van der Waals surface area contributed by atoms with Gasteiger partial charge in [-0.1, -0.05) is 24.3 Å². The lowest BCUT2D eigenvalue weighted by Crippen LogP contribution is -2.29. The van der Waals surface area contributed by atoms with Crippen molar-refractivity contribution in [2.45, 2.75) is 39.5 Å². The molecule has 1 N–H and O–H groups in total. The number of amides is 1. The molecule has 1 aliphatic rings. The van der Waals surface area contributed by atoms with Crippen molar-refractivity contribution in [1.82, 2.24) is 4.90 Å². The van der Waals surface area contributed by atoms with Crippen LogP contribution >= 0.6 is 0 Å². The van der Waals surface area contributed by atoms with Crippen LogP contribution in [0.3, 0.4) is 0 Å². The summed E-state index contributed by atoms with van der Waals surface area (Å²) in [5.74, 6) is 0.426. The van der Waals surface area contributed by atoms with Gasteiger partial charge in [-0.3, -0.25) is 9.59 Å². The highest BCUT2D eigenvalue weighted by molar-refractivity contribution is 6.46. The second kappa shape index (κ2) is 11.5. The minimum Gasteiger partial charge on any atom is -0.507 e. The Bertz CT molecular complexity index is 1430. The van der Waals surface area contributed by atoms with Gasteiger partial charge < -0.3 is 29.0 Å². The third kappa shape index (κ3) is 5.41. The second-order valence-corrected chi connectivity index (χ2v) is 9.50. The first kappa shape index (κ1) is 27.6. The van der Waals surface area contributed by atoms with Crippen LogP contribution in [0.2, 0.25) is 0 Å². The summed E-state index contributed by atoms with van der Waals surface area (Å²) in [4.78, 5) is 28.4. The molecule has 1 fully saturated rings. The van der Waals surface area contributed by atoms with Gasteiger partial charge in [-0.15, -0.1) is 0 Å². The number of ketones is 1. The number of para-hydroxylation sites is 1. The number of ether oxygens (including phenoxy) is 4. The fourth-order valence-electron chi connectivity index (χ4n) is 4.77. The number of methoxy groups -OCH3 is 3. The highest BCUT2D eigenvalue weighted by Gasteiger charge is 2.46. The number of Topliss-reactive ketones (excluding diaryl/α,β-unsaturated/α-hetero) is 1. The molecule has 1 unspecified atom stereocenters. The first-order chi connectivity index (χ1) is 18.7.